The first-order valence-corrected chi connectivity index (χ1v) is 7.57. The second-order valence-electron chi connectivity index (χ2n) is 7.00. The zero-order chi connectivity index (χ0) is 14.8. The van der Waals surface area contributed by atoms with Crippen molar-refractivity contribution in [1.82, 2.24) is 14.9 Å². The minimum absolute atomic E-state index is 0.00992. The molecule has 0 aromatic carbocycles. The van der Waals surface area contributed by atoms with Gasteiger partial charge >= 0.3 is 0 Å². The van der Waals surface area contributed by atoms with E-state index in [0.29, 0.717) is 0 Å². The molecule has 0 spiro atoms. The summed E-state index contributed by atoms with van der Waals surface area (Å²) in [5.74, 6) is 0.876. The number of aromatic nitrogens is 2. The third-order valence-electron chi connectivity index (χ3n) is 4.07. The zero-order valence-corrected chi connectivity index (χ0v) is 13.1. The third kappa shape index (κ3) is 3.76. The standard InChI is InChI=1S/C16H27N3O/c1-16(2,3)15-17-9-12(10-18-15)11-19(4)13-7-5-6-8-14(13)20/h9-10,13-14,20H,5-8,11H2,1-4H3/t13-,14-/m1/s1. The lowest BCUT2D eigenvalue weighted by Gasteiger charge is -2.35. The molecule has 1 aliphatic rings. The van der Waals surface area contributed by atoms with Crippen molar-refractivity contribution in [3.05, 3.63) is 23.8 Å². The van der Waals surface area contributed by atoms with E-state index in [4.69, 9.17) is 0 Å². The third-order valence-corrected chi connectivity index (χ3v) is 4.07. The van der Waals surface area contributed by atoms with Crippen molar-refractivity contribution in [2.24, 2.45) is 0 Å². The quantitative estimate of drug-likeness (QED) is 0.922. The van der Waals surface area contributed by atoms with Crippen LogP contribution in [0.4, 0.5) is 0 Å². The Hall–Kier alpha value is -1.00. The summed E-state index contributed by atoms with van der Waals surface area (Å²) in [6, 6.07) is 0.269. The van der Waals surface area contributed by atoms with Crippen molar-refractivity contribution in [1.29, 1.82) is 0 Å². The summed E-state index contributed by atoms with van der Waals surface area (Å²) in [5.41, 5.74) is 1.10. The Morgan fingerprint density at radius 2 is 1.80 bits per heavy atom. The molecular formula is C16H27N3O. The molecule has 1 heterocycles. The summed E-state index contributed by atoms with van der Waals surface area (Å²) in [4.78, 5) is 11.2. The van der Waals surface area contributed by atoms with Crippen LogP contribution in [0.25, 0.3) is 0 Å². The highest BCUT2D eigenvalue weighted by molar-refractivity contribution is 5.09. The predicted octanol–water partition coefficient (Wildman–Crippen LogP) is 2.51. The Morgan fingerprint density at radius 3 is 2.35 bits per heavy atom. The van der Waals surface area contributed by atoms with Crippen LogP contribution in [-0.4, -0.2) is 39.2 Å². The van der Waals surface area contributed by atoms with Crippen LogP contribution in [0.2, 0.25) is 0 Å². The molecule has 2 rings (SSSR count). The summed E-state index contributed by atoms with van der Waals surface area (Å²) in [5, 5.41) is 10.1. The molecule has 1 aromatic rings. The minimum Gasteiger partial charge on any atom is -0.391 e. The molecule has 4 nitrogen and oxygen atoms in total. The van der Waals surface area contributed by atoms with Crippen molar-refractivity contribution >= 4 is 0 Å². The Kier molecular flexibility index (Phi) is 4.76. The lowest BCUT2D eigenvalue weighted by atomic mass is 9.91. The average Bonchev–Trinajstić information content (AvgIpc) is 2.38. The van der Waals surface area contributed by atoms with Gasteiger partial charge in [-0.15, -0.1) is 0 Å². The number of hydrogen-bond donors (Lipinski definition) is 1. The Labute approximate surface area is 122 Å². The van der Waals surface area contributed by atoms with Crippen LogP contribution >= 0.6 is 0 Å². The van der Waals surface area contributed by atoms with E-state index in [1.807, 2.05) is 12.4 Å². The Balaban J connectivity index is 1.99. The average molecular weight is 277 g/mol. The van der Waals surface area contributed by atoms with Crippen LogP contribution in [0.5, 0.6) is 0 Å². The molecule has 1 N–H and O–H groups in total. The van der Waals surface area contributed by atoms with Crippen LogP contribution in [0, 0.1) is 0 Å². The number of nitrogens with zero attached hydrogens (tertiary/aromatic N) is 3. The van der Waals surface area contributed by atoms with Gasteiger partial charge in [0, 0.05) is 36.0 Å². The molecule has 0 aliphatic heterocycles. The maximum absolute atomic E-state index is 10.1. The summed E-state index contributed by atoms with van der Waals surface area (Å²) in [6.45, 7) is 7.15. The molecule has 0 unspecified atom stereocenters. The van der Waals surface area contributed by atoms with Gasteiger partial charge in [-0.3, -0.25) is 4.90 Å². The van der Waals surface area contributed by atoms with Crippen molar-refractivity contribution in [3.8, 4) is 0 Å². The first-order valence-electron chi connectivity index (χ1n) is 7.57. The monoisotopic (exact) mass is 277 g/mol. The van der Waals surface area contributed by atoms with Crippen molar-refractivity contribution in [2.45, 2.75) is 70.6 Å². The van der Waals surface area contributed by atoms with Gasteiger partial charge in [0.1, 0.15) is 5.82 Å². The lowest BCUT2D eigenvalue weighted by molar-refractivity contribution is 0.0287. The highest BCUT2D eigenvalue weighted by Gasteiger charge is 2.26. The molecule has 1 fully saturated rings. The molecule has 20 heavy (non-hydrogen) atoms. The zero-order valence-electron chi connectivity index (χ0n) is 13.1. The fourth-order valence-corrected chi connectivity index (χ4v) is 2.83. The van der Waals surface area contributed by atoms with Gasteiger partial charge in [-0.1, -0.05) is 33.6 Å². The Morgan fingerprint density at radius 1 is 1.20 bits per heavy atom. The number of hydrogen-bond acceptors (Lipinski definition) is 4. The molecule has 2 atom stereocenters. The van der Waals surface area contributed by atoms with Crippen LogP contribution in [0.1, 0.15) is 57.8 Å². The molecule has 1 aliphatic carbocycles. The van der Waals surface area contributed by atoms with Gasteiger partial charge < -0.3 is 5.11 Å². The molecule has 4 heteroatoms. The molecule has 112 valence electrons. The second kappa shape index (κ2) is 6.19. The van der Waals surface area contributed by atoms with E-state index in [1.54, 1.807) is 0 Å². The van der Waals surface area contributed by atoms with Gasteiger partial charge in [0.25, 0.3) is 0 Å². The van der Waals surface area contributed by atoms with E-state index in [0.717, 1.165) is 37.2 Å². The van der Waals surface area contributed by atoms with Crippen LogP contribution in [0.3, 0.4) is 0 Å². The molecule has 1 aromatic heterocycles. The van der Waals surface area contributed by atoms with Crippen molar-refractivity contribution < 1.29 is 5.11 Å². The van der Waals surface area contributed by atoms with E-state index in [1.165, 1.54) is 6.42 Å². The van der Waals surface area contributed by atoms with Gasteiger partial charge in [0.15, 0.2) is 0 Å². The molecule has 0 radical (unpaired) electrons. The number of likely N-dealkylation sites (N-methyl/N-ethyl adjacent to an activating group) is 1. The molecule has 0 amide bonds. The van der Waals surface area contributed by atoms with E-state index in [-0.39, 0.29) is 17.6 Å². The summed E-state index contributed by atoms with van der Waals surface area (Å²) in [7, 11) is 2.08. The van der Waals surface area contributed by atoms with Gasteiger partial charge in [-0.2, -0.15) is 0 Å². The second-order valence-corrected chi connectivity index (χ2v) is 7.00. The maximum atomic E-state index is 10.1. The van der Waals surface area contributed by atoms with E-state index >= 15 is 0 Å². The first-order chi connectivity index (χ1) is 9.38. The summed E-state index contributed by atoms with van der Waals surface area (Å²) >= 11 is 0. The highest BCUT2D eigenvalue weighted by Crippen LogP contribution is 2.23. The van der Waals surface area contributed by atoms with E-state index in [9.17, 15) is 5.11 Å². The van der Waals surface area contributed by atoms with Crippen molar-refractivity contribution in [2.75, 3.05) is 7.05 Å². The molecule has 0 saturated heterocycles. The van der Waals surface area contributed by atoms with Crippen LogP contribution in [-0.2, 0) is 12.0 Å². The van der Waals surface area contributed by atoms with Gasteiger partial charge in [-0.05, 0) is 19.9 Å². The normalized spacial score (nSPS) is 24.1. The SMILES string of the molecule is CN(Cc1cnc(C(C)(C)C)nc1)[C@@H]1CCCC[C@H]1O. The fraction of sp³-hybridized carbons (Fsp3) is 0.750. The first kappa shape index (κ1) is 15.4. The molecule has 1 saturated carbocycles. The number of aliphatic hydroxyl groups is 1. The van der Waals surface area contributed by atoms with Crippen LogP contribution in [0.15, 0.2) is 12.4 Å². The van der Waals surface area contributed by atoms with E-state index < -0.39 is 0 Å². The van der Waals surface area contributed by atoms with Gasteiger partial charge in [0.2, 0.25) is 0 Å². The maximum Gasteiger partial charge on any atom is 0.133 e. The minimum atomic E-state index is -0.191. The Bertz CT molecular complexity index is 424. The lowest BCUT2D eigenvalue weighted by Crippen LogP contribution is -2.42. The van der Waals surface area contributed by atoms with Gasteiger partial charge in [-0.25, -0.2) is 9.97 Å². The smallest absolute Gasteiger partial charge is 0.133 e. The van der Waals surface area contributed by atoms with Gasteiger partial charge in [0.05, 0.1) is 6.10 Å². The largest absolute Gasteiger partial charge is 0.391 e. The number of rotatable bonds is 3. The fourth-order valence-electron chi connectivity index (χ4n) is 2.83. The number of aliphatic hydroxyl groups excluding tert-OH is 1. The highest BCUT2D eigenvalue weighted by atomic mass is 16.3. The molecule has 0 bridgehead atoms. The van der Waals surface area contributed by atoms with E-state index in [2.05, 4.69) is 42.7 Å². The molecular weight excluding hydrogens is 250 g/mol. The predicted molar refractivity (Wildman–Crippen MR) is 80.5 cm³/mol. The summed E-state index contributed by atoms with van der Waals surface area (Å²) < 4.78 is 0. The topological polar surface area (TPSA) is 49.2 Å². The summed E-state index contributed by atoms with van der Waals surface area (Å²) in [6.07, 6.45) is 8.01. The van der Waals surface area contributed by atoms with Crippen molar-refractivity contribution in [3.63, 3.8) is 0 Å². The van der Waals surface area contributed by atoms with Crippen LogP contribution < -0.4 is 0 Å².